The Morgan fingerprint density at radius 2 is 1.92 bits per heavy atom. The van der Waals surface area contributed by atoms with Crippen LogP contribution in [0, 0.1) is 0 Å². The summed E-state index contributed by atoms with van der Waals surface area (Å²) in [6.45, 7) is 8.74. The van der Waals surface area contributed by atoms with Gasteiger partial charge in [-0.05, 0) is 32.8 Å². The first-order chi connectivity index (χ1) is 11.3. The number of carbonyl (C=O) groups excluding carboxylic acids is 1. The molecule has 1 aromatic rings. The van der Waals surface area contributed by atoms with E-state index in [4.69, 9.17) is 10.5 Å². The molecule has 0 aliphatic heterocycles. The Morgan fingerprint density at radius 3 is 2.48 bits per heavy atom. The van der Waals surface area contributed by atoms with Gasteiger partial charge in [0.2, 0.25) is 0 Å². The molecule has 0 fully saturated rings. The minimum absolute atomic E-state index is 0. The lowest BCUT2D eigenvalue weighted by atomic mass is 10.1. The third-order valence-corrected chi connectivity index (χ3v) is 3.17. The summed E-state index contributed by atoms with van der Waals surface area (Å²) in [7, 11) is 0. The molecule has 4 N–H and O–H groups in total. The number of amides is 1. The molecule has 0 aromatic heterocycles. The number of hydrogen-bond acceptors (Lipinski definition) is 3. The van der Waals surface area contributed by atoms with Crippen molar-refractivity contribution in [1.29, 1.82) is 0 Å². The van der Waals surface area contributed by atoms with Crippen LogP contribution < -0.4 is 16.4 Å². The van der Waals surface area contributed by atoms with E-state index in [0.29, 0.717) is 12.5 Å². The minimum Gasteiger partial charge on any atom is -0.444 e. The number of carbonyl (C=O) groups is 1. The van der Waals surface area contributed by atoms with Crippen molar-refractivity contribution in [3.8, 4) is 0 Å². The Kier molecular flexibility index (Phi) is 11.2. The number of benzene rings is 1. The number of aliphatic imine (C=N–C) groups is 1. The average molecular weight is 462 g/mol. The van der Waals surface area contributed by atoms with E-state index in [1.807, 2.05) is 51.1 Å². The molecule has 7 heteroatoms. The molecule has 0 radical (unpaired) electrons. The van der Waals surface area contributed by atoms with E-state index < -0.39 is 11.7 Å². The highest BCUT2D eigenvalue weighted by atomic mass is 127. The van der Waals surface area contributed by atoms with Crippen molar-refractivity contribution in [2.75, 3.05) is 13.1 Å². The van der Waals surface area contributed by atoms with E-state index in [9.17, 15) is 4.79 Å². The number of halogens is 1. The molecule has 0 aliphatic carbocycles. The molecule has 0 heterocycles. The van der Waals surface area contributed by atoms with Crippen molar-refractivity contribution >= 4 is 36.0 Å². The van der Waals surface area contributed by atoms with Crippen molar-refractivity contribution in [3.63, 3.8) is 0 Å². The predicted octanol–water partition coefficient (Wildman–Crippen LogP) is 3.57. The van der Waals surface area contributed by atoms with E-state index in [0.717, 1.165) is 24.9 Å². The Labute approximate surface area is 168 Å². The zero-order chi connectivity index (χ0) is 18.0. The second kappa shape index (κ2) is 11.9. The maximum absolute atomic E-state index is 12.1. The van der Waals surface area contributed by atoms with E-state index in [1.54, 1.807) is 0 Å². The zero-order valence-electron chi connectivity index (χ0n) is 15.5. The van der Waals surface area contributed by atoms with Gasteiger partial charge < -0.3 is 21.1 Å². The van der Waals surface area contributed by atoms with E-state index >= 15 is 0 Å². The average Bonchev–Trinajstić information content (AvgIpc) is 2.50. The number of nitrogens with one attached hydrogen (secondary N) is 2. The highest BCUT2D eigenvalue weighted by Gasteiger charge is 2.20. The lowest BCUT2D eigenvalue weighted by molar-refractivity contribution is 0.0505. The van der Waals surface area contributed by atoms with Crippen molar-refractivity contribution in [2.24, 2.45) is 10.7 Å². The molecule has 0 saturated heterocycles. The monoisotopic (exact) mass is 462 g/mol. The molecule has 0 saturated carbocycles. The number of guanidine groups is 1. The SMILES string of the molecule is CCCCNC(N)=NCC(NC(=O)OC(C)(C)C)c1ccccc1.I. The summed E-state index contributed by atoms with van der Waals surface area (Å²) < 4.78 is 5.33. The van der Waals surface area contributed by atoms with Crippen LogP contribution in [0.25, 0.3) is 0 Å². The van der Waals surface area contributed by atoms with E-state index in [-0.39, 0.29) is 30.0 Å². The topological polar surface area (TPSA) is 88.7 Å². The van der Waals surface area contributed by atoms with Crippen molar-refractivity contribution in [1.82, 2.24) is 10.6 Å². The molecule has 142 valence electrons. The fourth-order valence-electron chi connectivity index (χ4n) is 2.01. The molecule has 6 nitrogen and oxygen atoms in total. The second-order valence-electron chi connectivity index (χ2n) is 6.62. The van der Waals surface area contributed by atoms with Gasteiger partial charge in [-0.3, -0.25) is 4.99 Å². The number of alkyl carbamates (subject to hydrolysis) is 1. The molecule has 1 aromatic carbocycles. The Balaban J connectivity index is 0.00000576. The molecule has 1 amide bonds. The van der Waals surface area contributed by atoms with E-state index in [1.165, 1.54) is 0 Å². The Hall–Kier alpha value is -1.51. The summed E-state index contributed by atoms with van der Waals surface area (Å²) in [5.74, 6) is 0.385. The van der Waals surface area contributed by atoms with Crippen LogP contribution in [0.4, 0.5) is 4.79 Å². The van der Waals surface area contributed by atoms with Gasteiger partial charge in [-0.2, -0.15) is 0 Å². The smallest absolute Gasteiger partial charge is 0.408 e. The number of unbranched alkanes of at least 4 members (excludes halogenated alkanes) is 1. The molecule has 0 spiro atoms. The van der Waals surface area contributed by atoms with Crippen LogP contribution in [-0.2, 0) is 4.74 Å². The molecule has 0 bridgehead atoms. The van der Waals surface area contributed by atoms with Gasteiger partial charge in [0.25, 0.3) is 0 Å². The molecule has 25 heavy (non-hydrogen) atoms. The lowest BCUT2D eigenvalue weighted by Crippen LogP contribution is -2.37. The normalized spacial score (nSPS) is 12.7. The second-order valence-corrected chi connectivity index (χ2v) is 6.62. The van der Waals surface area contributed by atoms with Crippen molar-refractivity contribution in [2.45, 2.75) is 52.2 Å². The minimum atomic E-state index is -0.546. The van der Waals surface area contributed by atoms with Crippen LogP contribution in [0.2, 0.25) is 0 Å². The largest absolute Gasteiger partial charge is 0.444 e. The zero-order valence-corrected chi connectivity index (χ0v) is 17.9. The number of hydrogen-bond donors (Lipinski definition) is 3. The van der Waals surface area contributed by atoms with Crippen LogP contribution >= 0.6 is 24.0 Å². The van der Waals surface area contributed by atoms with Crippen LogP contribution in [0.5, 0.6) is 0 Å². The lowest BCUT2D eigenvalue weighted by Gasteiger charge is -2.23. The summed E-state index contributed by atoms with van der Waals surface area (Å²) in [6.07, 6.45) is 1.66. The fraction of sp³-hybridized carbons (Fsp3) is 0.556. The number of ether oxygens (including phenoxy) is 1. The van der Waals surface area contributed by atoms with Crippen molar-refractivity contribution in [3.05, 3.63) is 35.9 Å². The van der Waals surface area contributed by atoms with Crippen LogP contribution in [0.15, 0.2) is 35.3 Å². The van der Waals surface area contributed by atoms with Crippen LogP contribution in [0.1, 0.15) is 52.1 Å². The molecule has 1 atom stereocenters. The predicted molar refractivity (Wildman–Crippen MR) is 113 cm³/mol. The first kappa shape index (κ1) is 23.5. The molecular formula is C18H31IN4O2. The first-order valence-corrected chi connectivity index (χ1v) is 8.40. The Morgan fingerprint density at radius 1 is 1.28 bits per heavy atom. The summed E-state index contributed by atoms with van der Waals surface area (Å²) in [6, 6.07) is 9.36. The Bertz CT molecular complexity index is 530. The van der Waals surface area contributed by atoms with Gasteiger partial charge in [0.05, 0.1) is 12.6 Å². The third-order valence-electron chi connectivity index (χ3n) is 3.17. The van der Waals surface area contributed by atoms with Gasteiger partial charge in [0, 0.05) is 6.54 Å². The molecule has 1 rings (SSSR count). The number of nitrogens with two attached hydrogens (primary N) is 1. The molecule has 0 aliphatic rings. The van der Waals surface area contributed by atoms with Gasteiger partial charge in [-0.1, -0.05) is 43.7 Å². The molecule has 1 unspecified atom stereocenters. The van der Waals surface area contributed by atoms with Crippen molar-refractivity contribution < 1.29 is 9.53 Å². The maximum atomic E-state index is 12.1. The third kappa shape index (κ3) is 10.9. The first-order valence-electron chi connectivity index (χ1n) is 8.40. The summed E-state index contributed by atoms with van der Waals surface area (Å²) in [5.41, 5.74) is 6.27. The highest BCUT2D eigenvalue weighted by Crippen LogP contribution is 2.15. The van der Waals surface area contributed by atoms with Gasteiger partial charge in [-0.15, -0.1) is 24.0 Å². The van der Waals surface area contributed by atoms with Crippen LogP contribution in [-0.4, -0.2) is 30.7 Å². The van der Waals surface area contributed by atoms with E-state index in [2.05, 4.69) is 22.5 Å². The summed E-state index contributed by atoms with van der Waals surface area (Å²) in [5, 5.41) is 5.93. The quantitative estimate of drug-likeness (QED) is 0.250. The summed E-state index contributed by atoms with van der Waals surface area (Å²) in [4.78, 5) is 16.4. The van der Waals surface area contributed by atoms with Gasteiger partial charge in [-0.25, -0.2) is 4.79 Å². The fourth-order valence-corrected chi connectivity index (χ4v) is 2.01. The van der Waals surface area contributed by atoms with Crippen LogP contribution in [0.3, 0.4) is 0 Å². The van der Waals surface area contributed by atoms with Gasteiger partial charge >= 0.3 is 6.09 Å². The molecular weight excluding hydrogens is 431 g/mol. The summed E-state index contributed by atoms with van der Waals surface area (Å²) >= 11 is 0. The van der Waals surface area contributed by atoms with Gasteiger partial charge in [0.15, 0.2) is 5.96 Å². The van der Waals surface area contributed by atoms with Gasteiger partial charge in [0.1, 0.15) is 5.60 Å². The number of rotatable bonds is 7. The number of nitrogens with zero attached hydrogens (tertiary/aromatic N) is 1. The standard InChI is InChI=1S/C18H30N4O2.HI/c1-5-6-12-20-16(19)21-13-15(14-10-8-7-9-11-14)22-17(23)24-18(2,3)4;/h7-11,15H,5-6,12-13H2,1-4H3,(H,22,23)(H3,19,20,21);1H. The highest BCUT2D eigenvalue weighted by molar-refractivity contribution is 14.0. The maximum Gasteiger partial charge on any atom is 0.408 e.